The van der Waals surface area contributed by atoms with E-state index in [1.807, 2.05) is 0 Å². The molecule has 17 heavy (non-hydrogen) atoms. The lowest BCUT2D eigenvalue weighted by Gasteiger charge is -2.10. The molecule has 90 valence electrons. The van der Waals surface area contributed by atoms with Gasteiger partial charge in [0, 0.05) is 10.7 Å². The van der Waals surface area contributed by atoms with Crippen molar-refractivity contribution in [2.75, 3.05) is 6.26 Å². The lowest BCUT2D eigenvalue weighted by atomic mass is 10.1. The van der Waals surface area contributed by atoms with E-state index in [-0.39, 0.29) is 4.90 Å². The van der Waals surface area contributed by atoms with Crippen LogP contribution in [0.4, 0.5) is 0 Å². The number of carbonyl (C=O) groups excluding carboxylic acids is 1. The summed E-state index contributed by atoms with van der Waals surface area (Å²) in [7, 11) is -3.24. The van der Waals surface area contributed by atoms with E-state index in [1.54, 1.807) is 18.2 Å². The maximum absolute atomic E-state index is 11.4. The van der Waals surface area contributed by atoms with E-state index in [0.717, 1.165) is 24.7 Å². The molecule has 0 radical (unpaired) electrons. The van der Waals surface area contributed by atoms with Crippen LogP contribution in [0.2, 0.25) is 0 Å². The molecule has 1 saturated carbocycles. The zero-order chi connectivity index (χ0) is 12.7. The first-order valence-electron chi connectivity index (χ1n) is 4.98. The summed E-state index contributed by atoms with van der Waals surface area (Å²) in [6.07, 6.45) is 4.33. The van der Waals surface area contributed by atoms with Crippen LogP contribution in [0.15, 0.2) is 32.6 Å². The van der Waals surface area contributed by atoms with Crippen LogP contribution in [0.5, 0.6) is 0 Å². The van der Waals surface area contributed by atoms with Gasteiger partial charge in [0.2, 0.25) is 6.08 Å². The van der Waals surface area contributed by atoms with Crippen molar-refractivity contribution in [2.45, 2.75) is 23.3 Å². The van der Waals surface area contributed by atoms with Gasteiger partial charge in [0.05, 0.1) is 10.4 Å². The largest absolute Gasteiger partial charge is 0.235 e. The number of halogens is 1. The van der Waals surface area contributed by atoms with Gasteiger partial charge >= 0.3 is 0 Å². The summed E-state index contributed by atoms with van der Waals surface area (Å²) in [5, 5.41) is 0. The summed E-state index contributed by atoms with van der Waals surface area (Å²) in [6, 6.07) is 4.95. The number of rotatable bonds is 3. The molecule has 0 amide bonds. The number of hydrogen-bond donors (Lipinski definition) is 0. The molecular formula is C11H10BrNO3S. The van der Waals surface area contributed by atoms with Gasteiger partial charge in [0.1, 0.15) is 0 Å². The van der Waals surface area contributed by atoms with Crippen molar-refractivity contribution in [3.05, 3.63) is 28.2 Å². The van der Waals surface area contributed by atoms with Gasteiger partial charge in [-0.15, -0.1) is 0 Å². The summed E-state index contributed by atoms with van der Waals surface area (Å²) in [5.74, 6) is 0. The molecule has 1 fully saturated rings. The van der Waals surface area contributed by atoms with Crippen LogP contribution >= 0.6 is 15.9 Å². The minimum absolute atomic E-state index is 0.243. The van der Waals surface area contributed by atoms with E-state index in [0.29, 0.717) is 4.47 Å². The molecular weight excluding hydrogens is 306 g/mol. The Morgan fingerprint density at radius 1 is 1.41 bits per heavy atom. The fourth-order valence-electron chi connectivity index (χ4n) is 1.76. The predicted molar refractivity (Wildman–Crippen MR) is 66.3 cm³/mol. The Morgan fingerprint density at radius 3 is 2.47 bits per heavy atom. The van der Waals surface area contributed by atoms with Crippen LogP contribution < -0.4 is 0 Å². The Hall–Kier alpha value is -0.970. The van der Waals surface area contributed by atoms with Crippen LogP contribution in [0.3, 0.4) is 0 Å². The molecule has 2 rings (SSSR count). The molecule has 0 bridgehead atoms. The molecule has 0 aromatic heterocycles. The van der Waals surface area contributed by atoms with Gasteiger partial charge < -0.3 is 0 Å². The second-order valence-electron chi connectivity index (χ2n) is 4.15. The molecule has 4 nitrogen and oxygen atoms in total. The van der Waals surface area contributed by atoms with Gasteiger partial charge in [-0.25, -0.2) is 13.2 Å². The lowest BCUT2D eigenvalue weighted by Crippen LogP contribution is -2.04. The van der Waals surface area contributed by atoms with Crippen LogP contribution in [0.1, 0.15) is 18.4 Å². The number of isocyanates is 1. The SMILES string of the molecule is CS(=O)(=O)c1ccc(C2(N=C=O)CC2)cc1Br. The van der Waals surface area contributed by atoms with E-state index >= 15 is 0 Å². The normalized spacial score (nSPS) is 17.3. The van der Waals surface area contributed by atoms with Crippen molar-refractivity contribution in [3.63, 3.8) is 0 Å². The quantitative estimate of drug-likeness (QED) is 0.634. The molecule has 6 heteroatoms. The highest BCUT2D eigenvalue weighted by atomic mass is 79.9. The van der Waals surface area contributed by atoms with Crippen molar-refractivity contribution in [3.8, 4) is 0 Å². The molecule has 0 N–H and O–H groups in total. The van der Waals surface area contributed by atoms with Gasteiger partial charge in [-0.3, -0.25) is 0 Å². The van der Waals surface area contributed by atoms with Crippen molar-refractivity contribution in [1.82, 2.24) is 0 Å². The monoisotopic (exact) mass is 315 g/mol. The van der Waals surface area contributed by atoms with Gasteiger partial charge in [-0.05, 0) is 46.5 Å². The average molecular weight is 316 g/mol. The maximum atomic E-state index is 11.4. The third-order valence-corrected chi connectivity index (χ3v) is 4.93. The number of hydrogen-bond acceptors (Lipinski definition) is 4. The lowest BCUT2D eigenvalue weighted by molar-refractivity contribution is 0.556. The summed E-state index contributed by atoms with van der Waals surface area (Å²) in [6.45, 7) is 0. The Bertz CT molecular complexity index is 614. The van der Waals surface area contributed by atoms with E-state index in [2.05, 4.69) is 20.9 Å². The molecule has 1 aromatic carbocycles. The predicted octanol–water partition coefficient (Wildman–Crippen LogP) is 2.18. The van der Waals surface area contributed by atoms with E-state index in [4.69, 9.17) is 0 Å². The third-order valence-electron chi connectivity index (χ3n) is 2.85. The highest BCUT2D eigenvalue weighted by Crippen LogP contribution is 2.50. The molecule has 1 aliphatic carbocycles. The van der Waals surface area contributed by atoms with Crippen LogP contribution in [-0.2, 0) is 20.2 Å². The molecule has 1 aliphatic rings. The fourth-order valence-corrected chi connectivity index (χ4v) is 3.75. The first kappa shape index (κ1) is 12.5. The van der Waals surface area contributed by atoms with E-state index < -0.39 is 15.4 Å². The van der Waals surface area contributed by atoms with Gasteiger partial charge in [0.25, 0.3) is 0 Å². The molecule has 0 aliphatic heterocycles. The van der Waals surface area contributed by atoms with Crippen LogP contribution in [-0.4, -0.2) is 20.8 Å². The molecule has 1 aromatic rings. The van der Waals surface area contributed by atoms with E-state index in [1.165, 1.54) is 6.07 Å². The van der Waals surface area contributed by atoms with Crippen molar-refractivity contribution in [2.24, 2.45) is 4.99 Å². The summed E-state index contributed by atoms with van der Waals surface area (Å²) < 4.78 is 23.4. The molecule has 0 spiro atoms. The maximum Gasteiger partial charge on any atom is 0.235 e. The zero-order valence-electron chi connectivity index (χ0n) is 9.10. The molecule has 0 saturated heterocycles. The van der Waals surface area contributed by atoms with E-state index in [9.17, 15) is 13.2 Å². The topological polar surface area (TPSA) is 63.6 Å². The summed E-state index contributed by atoms with van der Waals surface area (Å²) >= 11 is 3.23. The first-order chi connectivity index (χ1) is 7.89. The smallest absolute Gasteiger partial charge is 0.224 e. The Balaban J connectivity index is 2.49. The second kappa shape index (κ2) is 4.05. The average Bonchev–Trinajstić information content (AvgIpc) is 2.97. The highest BCUT2D eigenvalue weighted by Gasteiger charge is 2.45. The highest BCUT2D eigenvalue weighted by molar-refractivity contribution is 9.10. The first-order valence-corrected chi connectivity index (χ1v) is 7.67. The Kier molecular flexibility index (Phi) is 2.97. The van der Waals surface area contributed by atoms with Crippen molar-refractivity contribution >= 4 is 31.8 Å². The minimum Gasteiger partial charge on any atom is -0.224 e. The minimum atomic E-state index is -3.24. The molecule has 0 atom stereocenters. The van der Waals surface area contributed by atoms with Gasteiger partial charge in [-0.1, -0.05) is 6.07 Å². The fraction of sp³-hybridized carbons (Fsp3) is 0.364. The third kappa shape index (κ3) is 2.34. The second-order valence-corrected chi connectivity index (χ2v) is 6.99. The van der Waals surface area contributed by atoms with Crippen molar-refractivity contribution < 1.29 is 13.2 Å². The van der Waals surface area contributed by atoms with Gasteiger partial charge in [0.15, 0.2) is 9.84 Å². The molecule has 0 unspecified atom stereocenters. The van der Waals surface area contributed by atoms with Crippen molar-refractivity contribution in [1.29, 1.82) is 0 Å². The number of nitrogens with zero attached hydrogens (tertiary/aromatic N) is 1. The summed E-state index contributed by atoms with van der Waals surface area (Å²) in [5.41, 5.74) is 0.375. The number of sulfone groups is 1. The Labute approximate surface area is 108 Å². The van der Waals surface area contributed by atoms with Gasteiger partial charge in [-0.2, -0.15) is 4.99 Å². The number of aliphatic imine (C=N–C) groups is 1. The van der Waals surface area contributed by atoms with Crippen LogP contribution in [0, 0.1) is 0 Å². The summed E-state index contributed by atoms with van der Waals surface area (Å²) in [4.78, 5) is 14.4. The van der Waals surface area contributed by atoms with Crippen LogP contribution in [0.25, 0.3) is 0 Å². The molecule has 0 heterocycles. The number of benzene rings is 1. The zero-order valence-corrected chi connectivity index (χ0v) is 11.5. The standard InChI is InChI=1S/C11H10BrNO3S/c1-17(15,16)10-3-2-8(6-9(10)12)11(4-5-11)13-7-14/h2-3,6H,4-5H2,1H3. The Morgan fingerprint density at radius 2 is 2.06 bits per heavy atom.